The number of nitrogens with one attached hydrogen (secondary N) is 1. The van der Waals surface area contributed by atoms with Gasteiger partial charge in [0.25, 0.3) is 0 Å². The van der Waals surface area contributed by atoms with E-state index in [2.05, 4.69) is 26.1 Å². The van der Waals surface area contributed by atoms with Gasteiger partial charge in [-0.1, -0.05) is 46.5 Å². The van der Waals surface area contributed by atoms with Gasteiger partial charge in [-0.05, 0) is 68.4 Å². The van der Waals surface area contributed by atoms with E-state index in [1.54, 1.807) is 0 Å². The molecule has 2 fully saturated rings. The molecule has 2 atom stereocenters. The largest absolute Gasteiger partial charge is 0.316 e. The third kappa shape index (κ3) is 4.77. The molecular weight excluding hydrogens is 230 g/mol. The Kier molecular flexibility index (Phi) is 6.19. The molecule has 2 aliphatic rings. The van der Waals surface area contributed by atoms with Gasteiger partial charge in [-0.3, -0.25) is 0 Å². The van der Waals surface area contributed by atoms with Crippen molar-refractivity contribution in [2.45, 2.75) is 72.1 Å². The van der Waals surface area contributed by atoms with Gasteiger partial charge in [0.1, 0.15) is 0 Å². The molecule has 2 unspecified atom stereocenters. The lowest BCUT2D eigenvalue weighted by Gasteiger charge is -2.40. The summed E-state index contributed by atoms with van der Waals surface area (Å²) >= 11 is 0. The Morgan fingerprint density at radius 1 is 0.947 bits per heavy atom. The monoisotopic (exact) mass is 265 g/mol. The van der Waals surface area contributed by atoms with Crippen molar-refractivity contribution in [3.05, 3.63) is 0 Å². The molecule has 0 saturated heterocycles. The molecule has 0 spiro atoms. The summed E-state index contributed by atoms with van der Waals surface area (Å²) in [5, 5.41) is 3.73. The Labute approximate surface area is 120 Å². The fourth-order valence-electron chi connectivity index (χ4n) is 4.38. The highest BCUT2D eigenvalue weighted by Gasteiger charge is 2.33. The number of hydrogen-bond donors (Lipinski definition) is 1. The lowest BCUT2D eigenvalue weighted by atomic mass is 9.66. The van der Waals surface area contributed by atoms with Crippen LogP contribution < -0.4 is 5.32 Å². The summed E-state index contributed by atoms with van der Waals surface area (Å²) in [6.07, 6.45) is 12.0. The average molecular weight is 265 g/mol. The smallest absolute Gasteiger partial charge is 0.00177 e. The maximum atomic E-state index is 3.73. The van der Waals surface area contributed by atoms with E-state index in [-0.39, 0.29) is 0 Å². The van der Waals surface area contributed by atoms with Crippen LogP contribution in [-0.2, 0) is 0 Å². The van der Waals surface area contributed by atoms with Gasteiger partial charge < -0.3 is 5.32 Å². The second-order valence-electron chi connectivity index (χ2n) is 7.78. The zero-order valence-corrected chi connectivity index (χ0v) is 13.5. The first-order valence-electron chi connectivity index (χ1n) is 8.87. The van der Waals surface area contributed by atoms with Gasteiger partial charge in [0, 0.05) is 0 Å². The topological polar surface area (TPSA) is 12.0 Å². The summed E-state index contributed by atoms with van der Waals surface area (Å²) < 4.78 is 0. The fraction of sp³-hybridized carbons (Fsp3) is 1.00. The average Bonchev–Trinajstić information content (AvgIpc) is 2.40. The third-order valence-corrected chi connectivity index (χ3v) is 5.59. The predicted octanol–water partition coefficient (Wildman–Crippen LogP) is 4.86. The Bertz CT molecular complexity index is 240. The van der Waals surface area contributed by atoms with Crippen LogP contribution >= 0.6 is 0 Å². The van der Waals surface area contributed by atoms with Gasteiger partial charge in [-0.25, -0.2) is 0 Å². The number of hydrogen-bond acceptors (Lipinski definition) is 1. The molecule has 0 bridgehead atoms. The molecule has 1 heteroatoms. The highest BCUT2D eigenvalue weighted by atomic mass is 14.9. The fourth-order valence-corrected chi connectivity index (χ4v) is 4.38. The van der Waals surface area contributed by atoms with Crippen LogP contribution in [0.2, 0.25) is 0 Å². The summed E-state index contributed by atoms with van der Waals surface area (Å²) in [6.45, 7) is 9.56. The van der Waals surface area contributed by atoms with Gasteiger partial charge >= 0.3 is 0 Å². The number of rotatable bonds is 5. The van der Waals surface area contributed by atoms with Crippen LogP contribution in [0.25, 0.3) is 0 Å². The van der Waals surface area contributed by atoms with Crippen LogP contribution in [0.5, 0.6) is 0 Å². The Balaban J connectivity index is 1.81. The quantitative estimate of drug-likeness (QED) is 0.748. The molecule has 19 heavy (non-hydrogen) atoms. The normalized spacial score (nSPS) is 36.6. The minimum atomic E-state index is 0.789. The van der Waals surface area contributed by atoms with Crippen molar-refractivity contribution in [3.63, 3.8) is 0 Å². The van der Waals surface area contributed by atoms with Crippen LogP contribution in [0.3, 0.4) is 0 Å². The van der Waals surface area contributed by atoms with Crippen molar-refractivity contribution < 1.29 is 0 Å². The Morgan fingerprint density at radius 2 is 1.63 bits per heavy atom. The van der Waals surface area contributed by atoms with Crippen LogP contribution in [-0.4, -0.2) is 13.1 Å². The molecule has 0 aromatic rings. The van der Waals surface area contributed by atoms with Crippen molar-refractivity contribution >= 4 is 0 Å². The van der Waals surface area contributed by atoms with Gasteiger partial charge in [0.15, 0.2) is 0 Å². The minimum Gasteiger partial charge on any atom is -0.316 e. The summed E-state index contributed by atoms with van der Waals surface area (Å²) in [5.41, 5.74) is 0. The molecule has 2 aliphatic carbocycles. The van der Waals surface area contributed by atoms with E-state index in [0.29, 0.717) is 0 Å². The molecule has 0 heterocycles. The summed E-state index contributed by atoms with van der Waals surface area (Å²) in [6, 6.07) is 0. The SMILES string of the molecule is CC(C)CNCC1CCCCC1C1CCC(C)CC1. The highest BCUT2D eigenvalue weighted by Crippen LogP contribution is 2.42. The molecule has 0 amide bonds. The van der Waals surface area contributed by atoms with Crippen LogP contribution in [0.15, 0.2) is 0 Å². The molecule has 0 radical (unpaired) electrons. The molecular formula is C18H35N. The van der Waals surface area contributed by atoms with E-state index >= 15 is 0 Å². The molecule has 0 aromatic carbocycles. The van der Waals surface area contributed by atoms with E-state index in [9.17, 15) is 0 Å². The van der Waals surface area contributed by atoms with Crippen molar-refractivity contribution in [2.24, 2.45) is 29.6 Å². The zero-order chi connectivity index (χ0) is 13.7. The summed E-state index contributed by atoms with van der Waals surface area (Å²) in [4.78, 5) is 0. The zero-order valence-electron chi connectivity index (χ0n) is 13.5. The predicted molar refractivity (Wildman–Crippen MR) is 84.3 cm³/mol. The van der Waals surface area contributed by atoms with Gasteiger partial charge in [-0.2, -0.15) is 0 Å². The van der Waals surface area contributed by atoms with E-state index in [1.807, 2.05) is 0 Å². The molecule has 2 saturated carbocycles. The molecule has 0 aromatic heterocycles. The summed E-state index contributed by atoms with van der Waals surface area (Å²) in [7, 11) is 0. The maximum Gasteiger partial charge on any atom is -0.00177 e. The first kappa shape index (κ1) is 15.4. The molecule has 1 nitrogen and oxygen atoms in total. The first-order chi connectivity index (χ1) is 9.16. The standard InChI is InChI=1S/C18H35N/c1-14(2)12-19-13-17-6-4-5-7-18(17)16-10-8-15(3)9-11-16/h14-19H,4-13H2,1-3H3. The van der Waals surface area contributed by atoms with Crippen molar-refractivity contribution in [1.29, 1.82) is 0 Å². The second kappa shape index (κ2) is 7.67. The lowest BCUT2D eigenvalue weighted by Crippen LogP contribution is -2.36. The maximum absolute atomic E-state index is 3.73. The Morgan fingerprint density at radius 3 is 2.32 bits per heavy atom. The van der Waals surface area contributed by atoms with Crippen molar-refractivity contribution in [2.75, 3.05) is 13.1 Å². The first-order valence-corrected chi connectivity index (χ1v) is 8.87. The Hall–Kier alpha value is -0.0400. The second-order valence-corrected chi connectivity index (χ2v) is 7.78. The van der Waals surface area contributed by atoms with E-state index in [0.717, 1.165) is 29.6 Å². The molecule has 0 aliphatic heterocycles. The van der Waals surface area contributed by atoms with Crippen molar-refractivity contribution in [3.8, 4) is 0 Å². The van der Waals surface area contributed by atoms with Crippen LogP contribution in [0.4, 0.5) is 0 Å². The van der Waals surface area contributed by atoms with Gasteiger partial charge in [0.05, 0.1) is 0 Å². The van der Waals surface area contributed by atoms with E-state index in [1.165, 1.54) is 64.5 Å². The van der Waals surface area contributed by atoms with Gasteiger partial charge in [0.2, 0.25) is 0 Å². The third-order valence-electron chi connectivity index (χ3n) is 5.59. The van der Waals surface area contributed by atoms with Gasteiger partial charge in [-0.15, -0.1) is 0 Å². The van der Waals surface area contributed by atoms with E-state index < -0.39 is 0 Å². The summed E-state index contributed by atoms with van der Waals surface area (Å²) in [5.74, 6) is 4.86. The molecule has 112 valence electrons. The van der Waals surface area contributed by atoms with Crippen LogP contribution in [0.1, 0.15) is 72.1 Å². The highest BCUT2D eigenvalue weighted by molar-refractivity contribution is 4.85. The lowest BCUT2D eigenvalue weighted by molar-refractivity contribution is 0.114. The van der Waals surface area contributed by atoms with E-state index in [4.69, 9.17) is 0 Å². The van der Waals surface area contributed by atoms with Crippen LogP contribution in [0, 0.1) is 29.6 Å². The van der Waals surface area contributed by atoms with Crippen molar-refractivity contribution in [1.82, 2.24) is 5.32 Å². The molecule has 1 N–H and O–H groups in total. The minimum absolute atomic E-state index is 0.789. The molecule has 2 rings (SSSR count).